The Kier molecular flexibility index (Phi) is 5.66. The monoisotopic (exact) mass is 391 g/mol. The van der Waals surface area contributed by atoms with E-state index in [2.05, 4.69) is 10.2 Å². The van der Waals surface area contributed by atoms with Gasteiger partial charge in [-0.15, -0.1) is 0 Å². The van der Waals surface area contributed by atoms with E-state index in [1.165, 1.54) is 0 Å². The molecule has 1 aromatic rings. The number of benzene rings is 1. The molecule has 7 heteroatoms. The average Bonchev–Trinajstić information content (AvgIpc) is 3.45. The Hall–Kier alpha value is -1.63. The van der Waals surface area contributed by atoms with E-state index in [9.17, 15) is 9.59 Å². The number of carbonyl (C=O) groups is 2. The maximum atomic E-state index is 12.7. The number of amides is 2. The molecule has 3 fully saturated rings. The number of hydrogen-bond donors (Lipinski definition) is 1. The molecule has 27 heavy (non-hydrogen) atoms. The molecule has 2 amide bonds. The van der Waals surface area contributed by atoms with E-state index in [0.29, 0.717) is 43.8 Å². The molecular formula is C20H26ClN3O3. The summed E-state index contributed by atoms with van der Waals surface area (Å²) < 4.78 is 5.47. The van der Waals surface area contributed by atoms with Crippen LogP contribution >= 0.6 is 11.6 Å². The first-order valence-electron chi connectivity index (χ1n) is 9.76. The van der Waals surface area contributed by atoms with Gasteiger partial charge >= 0.3 is 0 Å². The van der Waals surface area contributed by atoms with Gasteiger partial charge in [-0.05, 0) is 30.5 Å². The zero-order valence-corrected chi connectivity index (χ0v) is 16.2. The number of nitrogens with zero attached hydrogens (tertiary/aromatic N) is 2. The van der Waals surface area contributed by atoms with E-state index < -0.39 is 0 Å². The lowest BCUT2D eigenvalue weighted by molar-refractivity contribution is -0.129. The van der Waals surface area contributed by atoms with Crippen LogP contribution in [0.15, 0.2) is 24.3 Å². The Morgan fingerprint density at radius 3 is 2.59 bits per heavy atom. The molecule has 2 unspecified atom stereocenters. The van der Waals surface area contributed by atoms with Crippen molar-refractivity contribution in [3.05, 3.63) is 34.9 Å². The van der Waals surface area contributed by atoms with Crippen LogP contribution in [0.2, 0.25) is 5.02 Å². The quantitative estimate of drug-likeness (QED) is 0.803. The minimum absolute atomic E-state index is 0.0151. The molecule has 0 aromatic heterocycles. The number of hydrogen-bond acceptors (Lipinski definition) is 4. The fraction of sp³-hybridized carbons (Fsp3) is 0.600. The second-order valence-corrected chi connectivity index (χ2v) is 8.08. The largest absolute Gasteiger partial charge is 0.379 e. The molecular weight excluding hydrogens is 366 g/mol. The number of morpholine rings is 1. The summed E-state index contributed by atoms with van der Waals surface area (Å²) in [6.07, 6.45) is 2.50. The van der Waals surface area contributed by atoms with Crippen molar-refractivity contribution in [3.8, 4) is 0 Å². The van der Waals surface area contributed by atoms with Crippen LogP contribution in [0.5, 0.6) is 0 Å². The Balaban J connectivity index is 1.39. The van der Waals surface area contributed by atoms with Gasteiger partial charge in [-0.1, -0.05) is 23.7 Å². The highest BCUT2D eigenvalue weighted by atomic mass is 35.5. The van der Waals surface area contributed by atoms with E-state index >= 15 is 0 Å². The third-order valence-electron chi connectivity index (χ3n) is 5.73. The van der Waals surface area contributed by atoms with E-state index in [4.69, 9.17) is 16.3 Å². The molecule has 2 saturated heterocycles. The zero-order chi connectivity index (χ0) is 18.8. The van der Waals surface area contributed by atoms with Crippen molar-refractivity contribution in [2.24, 2.45) is 5.92 Å². The number of rotatable bonds is 6. The molecule has 2 heterocycles. The predicted molar refractivity (Wildman–Crippen MR) is 102 cm³/mol. The number of likely N-dealkylation sites (tertiary alicyclic amines) is 1. The van der Waals surface area contributed by atoms with Crippen LogP contribution in [0.4, 0.5) is 0 Å². The summed E-state index contributed by atoms with van der Waals surface area (Å²) in [6, 6.07) is 8.26. The summed E-state index contributed by atoms with van der Waals surface area (Å²) in [4.78, 5) is 29.0. The highest BCUT2D eigenvalue weighted by Crippen LogP contribution is 2.32. The number of ether oxygens (including phenoxy) is 1. The Morgan fingerprint density at radius 1 is 1.22 bits per heavy atom. The summed E-state index contributed by atoms with van der Waals surface area (Å²) in [5.74, 6) is -0.118. The lowest BCUT2D eigenvalue weighted by Crippen LogP contribution is -2.45. The average molecular weight is 392 g/mol. The van der Waals surface area contributed by atoms with Gasteiger partial charge in [0.15, 0.2) is 0 Å². The van der Waals surface area contributed by atoms with Crippen LogP contribution in [0.25, 0.3) is 0 Å². The van der Waals surface area contributed by atoms with E-state index in [-0.39, 0.29) is 23.8 Å². The van der Waals surface area contributed by atoms with Crippen LogP contribution in [0.3, 0.4) is 0 Å². The van der Waals surface area contributed by atoms with Gasteiger partial charge in [0.1, 0.15) is 0 Å². The second-order valence-electron chi connectivity index (χ2n) is 7.64. The molecule has 1 N–H and O–H groups in total. The molecule has 1 aromatic carbocycles. The molecule has 146 valence electrons. The van der Waals surface area contributed by atoms with Crippen LogP contribution in [-0.4, -0.2) is 67.0 Å². The molecule has 4 rings (SSSR count). The summed E-state index contributed by atoms with van der Waals surface area (Å²) in [5, 5.41) is 3.80. The normalized spacial score (nSPS) is 24.9. The fourth-order valence-corrected chi connectivity index (χ4v) is 4.15. The first-order chi connectivity index (χ1) is 13.1. The molecule has 0 radical (unpaired) electrons. The molecule has 2 atom stereocenters. The molecule has 6 nitrogen and oxygen atoms in total. The summed E-state index contributed by atoms with van der Waals surface area (Å²) in [7, 11) is 0. The number of nitrogens with one attached hydrogen (secondary N) is 1. The van der Waals surface area contributed by atoms with Gasteiger partial charge in [0, 0.05) is 43.7 Å². The van der Waals surface area contributed by atoms with Crippen LogP contribution in [0.1, 0.15) is 30.9 Å². The molecule has 0 bridgehead atoms. The standard InChI is InChI=1S/C20H26ClN3O3/c21-16-3-1-14(2-4-16)18(23-7-9-27-10-8-23)12-22-20(26)15-11-19(25)24(13-15)17-5-6-17/h1-4,15,17-18H,5-13H2,(H,22,26). The van der Waals surface area contributed by atoms with Gasteiger partial charge in [0.05, 0.1) is 25.2 Å². The minimum Gasteiger partial charge on any atom is -0.379 e. The van der Waals surface area contributed by atoms with Crippen LogP contribution < -0.4 is 5.32 Å². The zero-order valence-electron chi connectivity index (χ0n) is 15.4. The van der Waals surface area contributed by atoms with Gasteiger partial charge < -0.3 is 15.0 Å². The van der Waals surface area contributed by atoms with Crippen LogP contribution in [0, 0.1) is 5.92 Å². The van der Waals surface area contributed by atoms with Crippen molar-refractivity contribution < 1.29 is 14.3 Å². The van der Waals surface area contributed by atoms with E-state index in [1.807, 2.05) is 29.2 Å². The van der Waals surface area contributed by atoms with Crippen molar-refractivity contribution in [2.45, 2.75) is 31.3 Å². The fourth-order valence-electron chi connectivity index (χ4n) is 4.02. The Bertz CT molecular complexity index is 686. The van der Waals surface area contributed by atoms with Crippen molar-refractivity contribution in [2.75, 3.05) is 39.4 Å². The minimum atomic E-state index is -0.228. The van der Waals surface area contributed by atoms with Crippen molar-refractivity contribution in [3.63, 3.8) is 0 Å². The third-order valence-corrected chi connectivity index (χ3v) is 5.98. The van der Waals surface area contributed by atoms with Gasteiger partial charge in [0.25, 0.3) is 0 Å². The van der Waals surface area contributed by atoms with Crippen molar-refractivity contribution in [1.29, 1.82) is 0 Å². The SMILES string of the molecule is O=C(NCC(c1ccc(Cl)cc1)N1CCOCC1)C1CC(=O)N(C2CC2)C1. The van der Waals surface area contributed by atoms with E-state index in [1.54, 1.807) is 0 Å². The molecule has 1 aliphatic carbocycles. The number of halogens is 1. The van der Waals surface area contributed by atoms with E-state index in [0.717, 1.165) is 31.5 Å². The molecule has 3 aliphatic rings. The first kappa shape index (κ1) is 18.7. The lowest BCUT2D eigenvalue weighted by Gasteiger charge is -2.35. The lowest BCUT2D eigenvalue weighted by atomic mass is 10.0. The molecule has 2 aliphatic heterocycles. The predicted octanol–water partition coefficient (Wildman–Crippen LogP) is 1.84. The number of carbonyl (C=O) groups excluding carboxylic acids is 2. The van der Waals surface area contributed by atoms with Gasteiger partial charge in [-0.2, -0.15) is 0 Å². The highest BCUT2D eigenvalue weighted by Gasteiger charge is 2.41. The van der Waals surface area contributed by atoms with Crippen molar-refractivity contribution in [1.82, 2.24) is 15.1 Å². The summed E-state index contributed by atoms with van der Waals surface area (Å²) in [5.41, 5.74) is 1.13. The maximum Gasteiger partial charge on any atom is 0.225 e. The maximum absolute atomic E-state index is 12.7. The van der Waals surface area contributed by atoms with Crippen LogP contribution in [-0.2, 0) is 14.3 Å². The summed E-state index contributed by atoms with van der Waals surface area (Å²) >= 11 is 6.03. The smallest absolute Gasteiger partial charge is 0.225 e. The van der Waals surface area contributed by atoms with Gasteiger partial charge in [-0.25, -0.2) is 0 Å². The highest BCUT2D eigenvalue weighted by molar-refractivity contribution is 6.30. The molecule has 0 spiro atoms. The Morgan fingerprint density at radius 2 is 1.93 bits per heavy atom. The summed E-state index contributed by atoms with van der Waals surface area (Å²) in [6.45, 7) is 4.16. The topological polar surface area (TPSA) is 61.9 Å². The van der Waals surface area contributed by atoms with Crippen molar-refractivity contribution >= 4 is 23.4 Å². The first-order valence-corrected chi connectivity index (χ1v) is 10.1. The van der Waals surface area contributed by atoms with Gasteiger partial charge in [-0.3, -0.25) is 14.5 Å². The second kappa shape index (κ2) is 8.17. The Labute approximate surface area is 164 Å². The molecule has 1 saturated carbocycles. The third kappa shape index (κ3) is 4.45. The van der Waals surface area contributed by atoms with Gasteiger partial charge in [0.2, 0.25) is 11.8 Å².